The van der Waals surface area contributed by atoms with E-state index in [4.69, 9.17) is 9.84 Å². The summed E-state index contributed by atoms with van der Waals surface area (Å²) in [6, 6.07) is 5.76. The SMILES string of the molecule is COc1ccc(C)cc1-c1nc(C)c(C(=O)O)s1. The Morgan fingerprint density at radius 1 is 1.39 bits per heavy atom. The minimum Gasteiger partial charge on any atom is -0.496 e. The lowest BCUT2D eigenvalue weighted by molar-refractivity contribution is 0.0701. The number of hydrogen-bond donors (Lipinski definition) is 1. The zero-order valence-corrected chi connectivity index (χ0v) is 11.2. The van der Waals surface area contributed by atoms with E-state index in [0.717, 1.165) is 11.1 Å². The van der Waals surface area contributed by atoms with Gasteiger partial charge in [-0.3, -0.25) is 0 Å². The predicted octanol–water partition coefficient (Wildman–Crippen LogP) is 3.13. The van der Waals surface area contributed by atoms with Gasteiger partial charge in [0.1, 0.15) is 15.6 Å². The molecule has 94 valence electrons. The third-order valence-corrected chi connectivity index (χ3v) is 3.75. The Hall–Kier alpha value is -1.88. The van der Waals surface area contributed by atoms with Crippen molar-refractivity contribution in [1.29, 1.82) is 0 Å². The number of ether oxygens (including phenoxy) is 1. The zero-order chi connectivity index (χ0) is 13.3. The first-order valence-electron chi connectivity index (χ1n) is 5.38. The number of rotatable bonds is 3. The molecule has 1 heterocycles. The normalized spacial score (nSPS) is 10.4. The van der Waals surface area contributed by atoms with E-state index in [1.807, 2.05) is 25.1 Å². The lowest BCUT2D eigenvalue weighted by Crippen LogP contribution is -1.94. The number of carboxylic acid groups (broad SMARTS) is 1. The van der Waals surface area contributed by atoms with Crippen LogP contribution in [-0.4, -0.2) is 23.2 Å². The summed E-state index contributed by atoms with van der Waals surface area (Å²) < 4.78 is 5.28. The van der Waals surface area contributed by atoms with Crippen molar-refractivity contribution in [3.8, 4) is 16.3 Å². The summed E-state index contributed by atoms with van der Waals surface area (Å²) in [6.07, 6.45) is 0. The molecule has 0 saturated carbocycles. The molecule has 2 aromatic rings. The molecule has 0 unspecified atom stereocenters. The molecular formula is C13H13NO3S. The molecule has 1 aromatic heterocycles. The quantitative estimate of drug-likeness (QED) is 0.924. The molecule has 0 spiro atoms. The van der Waals surface area contributed by atoms with Gasteiger partial charge in [-0.05, 0) is 26.0 Å². The number of benzene rings is 1. The fourth-order valence-electron chi connectivity index (χ4n) is 1.70. The maximum Gasteiger partial charge on any atom is 0.347 e. The molecule has 1 aromatic carbocycles. The van der Waals surface area contributed by atoms with Gasteiger partial charge in [-0.25, -0.2) is 9.78 Å². The number of carboxylic acids is 1. The molecule has 4 nitrogen and oxygen atoms in total. The van der Waals surface area contributed by atoms with Gasteiger partial charge in [0, 0.05) is 0 Å². The highest BCUT2D eigenvalue weighted by Gasteiger charge is 2.17. The van der Waals surface area contributed by atoms with E-state index in [2.05, 4.69) is 4.98 Å². The van der Waals surface area contributed by atoms with E-state index in [1.165, 1.54) is 11.3 Å². The second-order valence-corrected chi connectivity index (χ2v) is 4.94. The molecule has 0 fully saturated rings. The van der Waals surface area contributed by atoms with E-state index in [1.54, 1.807) is 14.0 Å². The topological polar surface area (TPSA) is 59.4 Å². The molecule has 5 heteroatoms. The minimum absolute atomic E-state index is 0.272. The van der Waals surface area contributed by atoms with Gasteiger partial charge in [-0.15, -0.1) is 11.3 Å². The number of carbonyl (C=O) groups is 1. The van der Waals surface area contributed by atoms with Crippen LogP contribution in [0.25, 0.3) is 10.6 Å². The smallest absolute Gasteiger partial charge is 0.347 e. The van der Waals surface area contributed by atoms with Crippen molar-refractivity contribution in [2.75, 3.05) is 7.11 Å². The van der Waals surface area contributed by atoms with Crippen LogP contribution in [0.2, 0.25) is 0 Å². The number of aromatic carboxylic acids is 1. The van der Waals surface area contributed by atoms with Gasteiger partial charge >= 0.3 is 5.97 Å². The van der Waals surface area contributed by atoms with Crippen LogP contribution >= 0.6 is 11.3 Å². The van der Waals surface area contributed by atoms with Crippen LogP contribution in [0.1, 0.15) is 20.9 Å². The average molecular weight is 263 g/mol. The van der Waals surface area contributed by atoms with Crippen LogP contribution in [0.15, 0.2) is 18.2 Å². The van der Waals surface area contributed by atoms with Gasteiger partial charge in [-0.1, -0.05) is 11.6 Å². The van der Waals surface area contributed by atoms with Gasteiger partial charge < -0.3 is 9.84 Å². The number of nitrogens with zero attached hydrogens (tertiary/aromatic N) is 1. The van der Waals surface area contributed by atoms with E-state index in [9.17, 15) is 4.79 Å². The Kier molecular flexibility index (Phi) is 3.34. The fraction of sp³-hybridized carbons (Fsp3) is 0.231. The molecule has 0 radical (unpaired) electrons. The first-order chi connectivity index (χ1) is 8.52. The van der Waals surface area contributed by atoms with Crippen LogP contribution in [-0.2, 0) is 0 Å². The van der Waals surface area contributed by atoms with Crippen molar-refractivity contribution < 1.29 is 14.6 Å². The molecule has 0 atom stereocenters. The second-order valence-electron chi connectivity index (χ2n) is 3.94. The van der Waals surface area contributed by atoms with E-state index >= 15 is 0 Å². The minimum atomic E-state index is -0.942. The molecule has 0 amide bonds. The van der Waals surface area contributed by atoms with Gasteiger partial charge in [0.15, 0.2) is 0 Å². The fourth-order valence-corrected chi connectivity index (χ4v) is 2.63. The maximum atomic E-state index is 11.0. The Bertz CT molecular complexity index is 604. The zero-order valence-electron chi connectivity index (χ0n) is 10.4. The summed E-state index contributed by atoms with van der Waals surface area (Å²) in [6.45, 7) is 3.67. The van der Waals surface area contributed by atoms with Crippen molar-refractivity contribution in [2.24, 2.45) is 0 Å². The predicted molar refractivity (Wildman–Crippen MR) is 70.5 cm³/mol. The monoisotopic (exact) mass is 263 g/mol. The van der Waals surface area contributed by atoms with Gasteiger partial charge in [0.25, 0.3) is 0 Å². The summed E-state index contributed by atoms with van der Waals surface area (Å²) >= 11 is 1.17. The Morgan fingerprint density at radius 2 is 2.11 bits per heavy atom. The third-order valence-electron chi connectivity index (χ3n) is 2.58. The summed E-state index contributed by atoms with van der Waals surface area (Å²) in [5, 5.41) is 9.72. The lowest BCUT2D eigenvalue weighted by Gasteiger charge is -2.06. The first kappa shape index (κ1) is 12.6. The molecule has 2 rings (SSSR count). The van der Waals surface area contributed by atoms with E-state index < -0.39 is 5.97 Å². The average Bonchev–Trinajstić information content (AvgIpc) is 2.71. The summed E-state index contributed by atoms with van der Waals surface area (Å²) in [7, 11) is 1.59. The van der Waals surface area contributed by atoms with Gasteiger partial charge in [0.2, 0.25) is 0 Å². The first-order valence-corrected chi connectivity index (χ1v) is 6.20. The summed E-state index contributed by atoms with van der Waals surface area (Å²) in [4.78, 5) is 15.6. The third kappa shape index (κ3) is 2.22. The van der Waals surface area contributed by atoms with Crippen molar-refractivity contribution in [2.45, 2.75) is 13.8 Å². The molecule has 0 bridgehead atoms. The maximum absolute atomic E-state index is 11.0. The van der Waals surface area contributed by atoms with Gasteiger partial charge in [-0.2, -0.15) is 0 Å². The number of hydrogen-bond acceptors (Lipinski definition) is 4. The van der Waals surface area contributed by atoms with E-state index in [0.29, 0.717) is 16.5 Å². The number of aryl methyl sites for hydroxylation is 2. The van der Waals surface area contributed by atoms with Crippen molar-refractivity contribution in [1.82, 2.24) is 4.98 Å². The molecule has 0 aliphatic rings. The Morgan fingerprint density at radius 3 is 2.67 bits per heavy atom. The van der Waals surface area contributed by atoms with Crippen LogP contribution in [0, 0.1) is 13.8 Å². The highest BCUT2D eigenvalue weighted by atomic mass is 32.1. The second kappa shape index (κ2) is 4.78. The summed E-state index contributed by atoms with van der Waals surface area (Å²) in [5.74, 6) is -0.242. The summed E-state index contributed by atoms with van der Waals surface area (Å²) in [5.41, 5.74) is 2.44. The van der Waals surface area contributed by atoms with Crippen molar-refractivity contribution in [3.05, 3.63) is 34.3 Å². The van der Waals surface area contributed by atoms with Gasteiger partial charge in [0.05, 0.1) is 18.4 Å². The van der Waals surface area contributed by atoms with Crippen LogP contribution < -0.4 is 4.74 Å². The van der Waals surface area contributed by atoms with Crippen LogP contribution in [0.5, 0.6) is 5.75 Å². The standard InChI is InChI=1S/C13H13NO3S/c1-7-4-5-10(17-3)9(6-7)12-14-8(2)11(18-12)13(15)16/h4-6H,1-3H3,(H,15,16). The number of methoxy groups -OCH3 is 1. The van der Waals surface area contributed by atoms with Crippen LogP contribution in [0.3, 0.4) is 0 Å². The number of aromatic nitrogens is 1. The molecule has 0 saturated heterocycles. The highest BCUT2D eigenvalue weighted by molar-refractivity contribution is 7.17. The lowest BCUT2D eigenvalue weighted by atomic mass is 10.1. The largest absolute Gasteiger partial charge is 0.496 e. The van der Waals surface area contributed by atoms with Crippen LogP contribution in [0.4, 0.5) is 0 Å². The van der Waals surface area contributed by atoms with E-state index in [-0.39, 0.29) is 4.88 Å². The highest BCUT2D eigenvalue weighted by Crippen LogP contribution is 2.35. The molecular weight excluding hydrogens is 250 g/mol. The molecule has 0 aliphatic carbocycles. The Balaban J connectivity index is 2.58. The molecule has 18 heavy (non-hydrogen) atoms. The van der Waals surface area contributed by atoms with Crippen molar-refractivity contribution in [3.63, 3.8) is 0 Å². The number of thiazole rings is 1. The molecule has 1 N–H and O–H groups in total. The van der Waals surface area contributed by atoms with Crippen molar-refractivity contribution >= 4 is 17.3 Å². The molecule has 0 aliphatic heterocycles. The Labute approximate surface area is 109 Å².